The third kappa shape index (κ3) is 3.80. The van der Waals surface area contributed by atoms with Gasteiger partial charge >= 0.3 is 0 Å². The number of hydrogen-bond acceptors (Lipinski definition) is 5. The highest BCUT2D eigenvalue weighted by molar-refractivity contribution is 8.00. The largest absolute Gasteiger partial charge is 0.411 e. The lowest BCUT2D eigenvalue weighted by atomic mass is 10.1. The summed E-state index contributed by atoms with van der Waals surface area (Å²) in [5.41, 5.74) is 2.90. The van der Waals surface area contributed by atoms with Crippen LogP contribution in [-0.2, 0) is 4.79 Å². The lowest BCUT2D eigenvalue weighted by molar-refractivity contribution is -0.120. The van der Waals surface area contributed by atoms with Crippen LogP contribution in [0.1, 0.15) is 29.2 Å². The van der Waals surface area contributed by atoms with Gasteiger partial charge in [-0.05, 0) is 48.7 Å². The van der Waals surface area contributed by atoms with E-state index in [1.165, 1.54) is 11.8 Å². The Hall–Kier alpha value is -2.60. The first-order valence-electron chi connectivity index (χ1n) is 8.62. The maximum atomic E-state index is 12.7. The molecule has 1 saturated carbocycles. The van der Waals surface area contributed by atoms with Crippen LogP contribution in [0, 0.1) is 6.92 Å². The SMILES string of the molecule is Cc1ccccc1-c1nnc(SC(C(=O)NC2CC2)c2ccccc2)o1. The monoisotopic (exact) mass is 365 g/mol. The summed E-state index contributed by atoms with van der Waals surface area (Å²) >= 11 is 1.29. The molecular formula is C20H19N3O2S. The maximum absolute atomic E-state index is 12.7. The van der Waals surface area contributed by atoms with E-state index in [2.05, 4.69) is 15.5 Å². The number of benzene rings is 2. The predicted molar refractivity (Wildman–Crippen MR) is 101 cm³/mol. The average molecular weight is 365 g/mol. The Balaban J connectivity index is 1.58. The van der Waals surface area contributed by atoms with Crippen LogP contribution in [-0.4, -0.2) is 22.1 Å². The average Bonchev–Trinajstić information content (AvgIpc) is 3.35. The third-order valence-electron chi connectivity index (χ3n) is 4.26. The molecule has 0 saturated heterocycles. The lowest BCUT2D eigenvalue weighted by Crippen LogP contribution is -2.29. The fourth-order valence-corrected chi connectivity index (χ4v) is 3.57. The number of carbonyl (C=O) groups excluding carboxylic acids is 1. The number of aromatic nitrogens is 2. The molecule has 0 aliphatic heterocycles. The molecule has 1 aliphatic carbocycles. The van der Waals surface area contributed by atoms with Crippen molar-refractivity contribution >= 4 is 17.7 Å². The van der Waals surface area contributed by atoms with Crippen LogP contribution in [0.3, 0.4) is 0 Å². The minimum atomic E-state index is -0.415. The van der Waals surface area contributed by atoms with Crippen molar-refractivity contribution in [2.45, 2.75) is 36.3 Å². The molecule has 26 heavy (non-hydrogen) atoms. The topological polar surface area (TPSA) is 68.0 Å². The van der Waals surface area contributed by atoms with E-state index in [1.807, 2.05) is 61.5 Å². The molecule has 132 valence electrons. The van der Waals surface area contributed by atoms with Gasteiger partial charge in [-0.3, -0.25) is 4.79 Å². The first-order valence-corrected chi connectivity index (χ1v) is 9.50. The van der Waals surface area contributed by atoms with Gasteiger partial charge in [0.2, 0.25) is 11.8 Å². The quantitative estimate of drug-likeness (QED) is 0.665. The van der Waals surface area contributed by atoms with Crippen molar-refractivity contribution in [3.8, 4) is 11.5 Å². The van der Waals surface area contributed by atoms with Crippen molar-refractivity contribution in [2.24, 2.45) is 0 Å². The number of aryl methyl sites for hydroxylation is 1. The third-order valence-corrected chi connectivity index (χ3v) is 5.35. The molecule has 0 radical (unpaired) electrons. The Bertz CT molecular complexity index is 906. The van der Waals surface area contributed by atoms with Gasteiger partial charge in [0.15, 0.2) is 0 Å². The first-order chi connectivity index (χ1) is 12.7. The zero-order valence-corrected chi connectivity index (χ0v) is 15.2. The van der Waals surface area contributed by atoms with Crippen LogP contribution in [0.5, 0.6) is 0 Å². The summed E-state index contributed by atoms with van der Waals surface area (Å²) in [6.45, 7) is 2.00. The molecule has 1 aromatic heterocycles. The summed E-state index contributed by atoms with van der Waals surface area (Å²) in [4.78, 5) is 12.7. The van der Waals surface area contributed by atoms with Crippen molar-refractivity contribution in [3.05, 3.63) is 65.7 Å². The van der Waals surface area contributed by atoms with Gasteiger partial charge in [-0.1, -0.05) is 48.5 Å². The number of thioether (sulfide) groups is 1. The molecule has 5 nitrogen and oxygen atoms in total. The summed E-state index contributed by atoms with van der Waals surface area (Å²) in [7, 11) is 0. The molecule has 1 amide bonds. The van der Waals surface area contributed by atoms with E-state index in [-0.39, 0.29) is 5.91 Å². The smallest absolute Gasteiger partial charge is 0.277 e. The molecule has 3 aromatic rings. The summed E-state index contributed by atoms with van der Waals surface area (Å²) < 4.78 is 5.83. The highest BCUT2D eigenvalue weighted by Gasteiger charge is 2.30. The molecule has 4 rings (SSSR count). The van der Waals surface area contributed by atoms with Gasteiger partial charge < -0.3 is 9.73 Å². The Morgan fingerprint density at radius 1 is 1.12 bits per heavy atom. The number of nitrogens with zero attached hydrogens (tertiary/aromatic N) is 2. The molecule has 2 aromatic carbocycles. The zero-order chi connectivity index (χ0) is 17.9. The van der Waals surface area contributed by atoms with Gasteiger partial charge in [-0.25, -0.2) is 0 Å². The summed E-state index contributed by atoms with van der Waals surface area (Å²) in [6, 6.07) is 17.9. The molecule has 1 unspecified atom stereocenters. The number of hydrogen-bond donors (Lipinski definition) is 1. The second kappa shape index (κ2) is 7.33. The Morgan fingerprint density at radius 2 is 1.85 bits per heavy atom. The van der Waals surface area contributed by atoms with Crippen molar-refractivity contribution in [2.75, 3.05) is 0 Å². The van der Waals surface area contributed by atoms with E-state index in [0.717, 1.165) is 29.5 Å². The minimum absolute atomic E-state index is 0.0145. The van der Waals surface area contributed by atoms with Crippen LogP contribution >= 0.6 is 11.8 Å². The minimum Gasteiger partial charge on any atom is -0.411 e. The van der Waals surface area contributed by atoms with Gasteiger partial charge in [0.25, 0.3) is 5.22 Å². The normalized spacial score (nSPS) is 14.8. The molecule has 0 spiro atoms. The summed E-state index contributed by atoms with van der Waals surface area (Å²) in [6.07, 6.45) is 2.10. The fourth-order valence-electron chi connectivity index (χ4n) is 2.69. The molecule has 0 bridgehead atoms. The second-order valence-electron chi connectivity index (χ2n) is 6.38. The lowest BCUT2D eigenvalue weighted by Gasteiger charge is -2.14. The highest BCUT2D eigenvalue weighted by Crippen LogP contribution is 2.37. The van der Waals surface area contributed by atoms with E-state index in [4.69, 9.17) is 4.42 Å². The van der Waals surface area contributed by atoms with Crippen LogP contribution in [0.25, 0.3) is 11.5 Å². The fraction of sp³-hybridized carbons (Fsp3) is 0.250. The van der Waals surface area contributed by atoms with Crippen LogP contribution < -0.4 is 5.32 Å². The van der Waals surface area contributed by atoms with Gasteiger partial charge in [0.05, 0.1) is 0 Å². The Morgan fingerprint density at radius 3 is 2.58 bits per heavy atom. The number of amides is 1. The van der Waals surface area contributed by atoms with Gasteiger partial charge in [0.1, 0.15) is 5.25 Å². The maximum Gasteiger partial charge on any atom is 0.277 e. The Kier molecular flexibility index (Phi) is 4.75. The number of carbonyl (C=O) groups is 1. The van der Waals surface area contributed by atoms with Crippen molar-refractivity contribution < 1.29 is 9.21 Å². The van der Waals surface area contributed by atoms with E-state index >= 15 is 0 Å². The first kappa shape index (κ1) is 16.8. The molecule has 1 heterocycles. The molecule has 1 N–H and O–H groups in total. The molecule has 1 fully saturated rings. The van der Waals surface area contributed by atoms with E-state index in [1.54, 1.807) is 0 Å². The van der Waals surface area contributed by atoms with Crippen molar-refractivity contribution in [3.63, 3.8) is 0 Å². The van der Waals surface area contributed by atoms with Crippen LogP contribution in [0.4, 0.5) is 0 Å². The number of rotatable bonds is 6. The molecule has 1 aliphatic rings. The van der Waals surface area contributed by atoms with Crippen molar-refractivity contribution in [1.82, 2.24) is 15.5 Å². The summed E-state index contributed by atoms with van der Waals surface area (Å²) in [5.74, 6) is 0.458. The molecule has 6 heteroatoms. The van der Waals surface area contributed by atoms with Gasteiger partial charge in [0, 0.05) is 11.6 Å². The van der Waals surface area contributed by atoms with E-state index in [9.17, 15) is 4.79 Å². The van der Waals surface area contributed by atoms with E-state index < -0.39 is 5.25 Å². The van der Waals surface area contributed by atoms with Crippen LogP contribution in [0.15, 0.2) is 64.2 Å². The predicted octanol–water partition coefficient (Wildman–Crippen LogP) is 4.16. The van der Waals surface area contributed by atoms with Crippen molar-refractivity contribution in [1.29, 1.82) is 0 Å². The molecule has 1 atom stereocenters. The molecular weight excluding hydrogens is 346 g/mol. The number of nitrogens with one attached hydrogen (secondary N) is 1. The van der Waals surface area contributed by atoms with Gasteiger partial charge in [-0.2, -0.15) is 0 Å². The van der Waals surface area contributed by atoms with Gasteiger partial charge in [-0.15, -0.1) is 10.2 Å². The van der Waals surface area contributed by atoms with Crippen LogP contribution in [0.2, 0.25) is 0 Å². The standard InChI is InChI=1S/C20H19N3O2S/c1-13-7-5-6-10-16(13)19-22-23-20(25-19)26-17(14-8-3-2-4-9-14)18(24)21-15-11-12-15/h2-10,15,17H,11-12H2,1H3,(H,21,24). The Labute approximate surface area is 156 Å². The summed E-state index contributed by atoms with van der Waals surface area (Å²) in [5, 5.41) is 11.3. The highest BCUT2D eigenvalue weighted by atomic mass is 32.2. The second-order valence-corrected chi connectivity index (χ2v) is 7.44. The van der Waals surface area contributed by atoms with E-state index in [0.29, 0.717) is 17.2 Å². The zero-order valence-electron chi connectivity index (χ0n) is 14.4.